The quantitative estimate of drug-likeness (QED) is 0.752. The Kier molecular flexibility index (Phi) is 5.90. The maximum absolute atomic E-state index is 3.50. The Morgan fingerprint density at radius 2 is 2.27 bits per heavy atom. The summed E-state index contributed by atoms with van der Waals surface area (Å²) in [4.78, 5) is 2.69. The minimum atomic E-state index is 0. The molecule has 2 rings (SSSR count). The highest BCUT2D eigenvalue weighted by Crippen LogP contribution is 2.20. The molecular formula is C11H24ClN3. The molecule has 2 saturated heterocycles. The number of hydrogen-bond acceptors (Lipinski definition) is 3. The van der Waals surface area contributed by atoms with E-state index in [2.05, 4.69) is 22.6 Å². The van der Waals surface area contributed by atoms with Crippen molar-refractivity contribution in [3.63, 3.8) is 0 Å². The minimum Gasteiger partial charge on any atom is -0.319 e. The summed E-state index contributed by atoms with van der Waals surface area (Å²) < 4.78 is 0. The molecule has 2 heterocycles. The number of halogens is 1. The Morgan fingerprint density at radius 3 is 2.93 bits per heavy atom. The van der Waals surface area contributed by atoms with E-state index in [1.54, 1.807) is 0 Å². The molecule has 0 radical (unpaired) electrons. The molecule has 90 valence electrons. The molecule has 0 aliphatic carbocycles. The number of nitrogens with zero attached hydrogens (tertiary/aromatic N) is 1. The molecular weight excluding hydrogens is 210 g/mol. The second-order valence-electron chi connectivity index (χ2n) is 4.71. The van der Waals surface area contributed by atoms with E-state index in [-0.39, 0.29) is 12.4 Å². The van der Waals surface area contributed by atoms with Crippen LogP contribution in [0.1, 0.15) is 19.3 Å². The van der Waals surface area contributed by atoms with Crippen LogP contribution in [0.5, 0.6) is 0 Å². The predicted molar refractivity (Wildman–Crippen MR) is 66.7 cm³/mol. The normalized spacial score (nSPS) is 32.6. The average molecular weight is 234 g/mol. The third kappa shape index (κ3) is 3.59. The second-order valence-corrected chi connectivity index (χ2v) is 4.71. The topological polar surface area (TPSA) is 27.3 Å². The van der Waals surface area contributed by atoms with Gasteiger partial charge in [0.15, 0.2) is 0 Å². The number of likely N-dealkylation sites (tertiary alicyclic amines) is 1. The van der Waals surface area contributed by atoms with Gasteiger partial charge in [0.1, 0.15) is 0 Å². The van der Waals surface area contributed by atoms with Gasteiger partial charge in [-0.15, -0.1) is 12.4 Å². The molecule has 2 aliphatic rings. The summed E-state index contributed by atoms with van der Waals surface area (Å²) in [6.07, 6.45) is 4.15. The summed E-state index contributed by atoms with van der Waals surface area (Å²) in [5.74, 6) is 0.891. The number of rotatable bonds is 3. The van der Waals surface area contributed by atoms with Crippen LogP contribution in [0.25, 0.3) is 0 Å². The predicted octanol–water partition coefficient (Wildman–Crippen LogP) is 0.701. The van der Waals surface area contributed by atoms with Crippen LogP contribution in [0.15, 0.2) is 0 Å². The van der Waals surface area contributed by atoms with Crippen molar-refractivity contribution in [2.24, 2.45) is 5.92 Å². The maximum Gasteiger partial charge on any atom is 0.0221 e. The molecule has 2 fully saturated rings. The third-order valence-electron chi connectivity index (χ3n) is 3.60. The summed E-state index contributed by atoms with van der Waals surface area (Å²) >= 11 is 0. The molecule has 15 heavy (non-hydrogen) atoms. The van der Waals surface area contributed by atoms with Gasteiger partial charge in [-0.25, -0.2) is 0 Å². The number of piperidine rings is 1. The van der Waals surface area contributed by atoms with Crippen LogP contribution in [0.4, 0.5) is 0 Å². The van der Waals surface area contributed by atoms with Crippen LogP contribution in [0.2, 0.25) is 0 Å². The highest BCUT2D eigenvalue weighted by atomic mass is 35.5. The van der Waals surface area contributed by atoms with Crippen molar-refractivity contribution in [2.75, 3.05) is 39.8 Å². The van der Waals surface area contributed by atoms with E-state index in [4.69, 9.17) is 0 Å². The van der Waals surface area contributed by atoms with Crippen LogP contribution in [-0.4, -0.2) is 50.7 Å². The summed E-state index contributed by atoms with van der Waals surface area (Å²) in [6.45, 7) is 6.26. The fraction of sp³-hybridized carbons (Fsp3) is 1.00. The highest BCUT2D eigenvalue weighted by molar-refractivity contribution is 5.85. The zero-order valence-corrected chi connectivity index (χ0v) is 10.5. The van der Waals surface area contributed by atoms with Crippen molar-refractivity contribution >= 4 is 12.4 Å². The average Bonchev–Trinajstić information content (AvgIpc) is 2.68. The lowest BCUT2D eigenvalue weighted by molar-refractivity contribution is 0.196. The third-order valence-corrected chi connectivity index (χ3v) is 3.60. The molecule has 4 heteroatoms. The van der Waals surface area contributed by atoms with E-state index in [0.29, 0.717) is 0 Å². The van der Waals surface area contributed by atoms with Gasteiger partial charge in [-0.05, 0) is 51.9 Å². The van der Waals surface area contributed by atoms with Crippen LogP contribution in [-0.2, 0) is 0 Å². The van der Waals surface area contributed by atoms with Crippen LogP contribution in [0, 0.1) is 5.92 Å². The van der Waals surface area contributed by atoms with E-state index < -0.39 is 0 Å². The van der Waals surface area contributed by atoms with Crippen molar-refractivity contribution in [2.45, 2.75) is 25.3 Å². The fourth-order valence-electron chi connectivity index (χ4n) is 2.79. The van der Waals surface area contributed by atoms with Crippen LogP contribution < -0.4 is 10.6 Å². The van der Waals surface area contributed by atoms with Gasteiger partial charge in [0.2, 0.25) is 0 Å². The Labute approximate surface area is 99.4 Å². The van der Waals surface area contributed by atoms with Crippen molar-refractivity contribution in [3.05, 3.63) is 0 Å². The van der Waals surface area contributed by atoms with Gasteiger partial charge < -0.3 is 10.6 Å². The summed E-state index contributed by atoms with van der Waals surface area (Å²) in [5.41, 5.74) is 0. The molecule has 2 aliphatic heterocycles. The van der Waals surface area contributed by atoms with E-state index in [9.17, 15) is 0 Å². The smallest absolute Gasteiger partial charge is 0.0221 e. The molecule has 2 atom stereocenters. The Hall–Kier alpha value is 0.170. The Morgan fingerprint density at radius 1 is 1.40 bits per heavy atom. The molecule has 3 nitrogen and oxygen atoms in total. The van der Waals surface area contributed by atoms with E-state index >= 15 is 0 Å². The van der Waals surface area contributed by atoms with Crippen LogP contribution in [0.3, 0.4) is 0 Å². The molecule has 0 aromatic heterocycles. The monoisotopic (exact) mass is 233 g/mol. The SMILES string of the molecule is CNCC1CCN(C2CCCNC2)C1.Cl. The van der Waals surface area contributed by atoms with Gasteiger partial charge in [-0.1, -0.05) is 0 Å². The largest absolute Gasteiger partial charge is 0.319 e. The second kappa shape index (κ2) is 6.69. The number of hydrogen-bond donors (Lipinski definition) is 2. The fourth-order valence-corrected chi connectivity index (χ4v) is 2.79. The molecule has 0 bridgehead atoms. The van der Waals surface area contributed by atoms with E-state index in [1.165, 1.54) is 52.0 Å². The zero-order valence-electron chi connectivity index (χ0n) is 9.67. The molecule has 0 amide bonds. The molecule has 0 aromatic carbocycles. The van der Waals surface area contributed by atoms with Crippen LogP contribution >= 0.6 is 12.4 Å². The lowest BCUT2D eigenvalue weighted by atomic mass is 10.1. The molecule has 0 spiro atoms. The van der Waals surface area contributed by atoms with Gasteiger partial charge in [-0.3, -0.25) is 4.90 Å². The first-order valence-electron chi connectivity index (χ1n) is 5.99. The molecule has 2 unspecified atom stereocenters. The van der Waals surface area contributed by atoms with Crippen molar-refractivity contribution in [3.8, 4) is 0 Å². The van der Waals surface area contributed by atoms with Gasteiger partial charge in [-0.2, -0.15) is 0 Å². The van der Waals surface area contributed by atoms with Gasteiger partial charge >= 0.3 is 0 Å². The lowest BCUT2D eigenvalue weighted by Gasteiger charge is -2.31. The van der Waals surface area contributed by atoms with Gasteiger partial charge in [0.05, 0.1) is 0 Å². The first-order valence-corrected chi connectivity index (χ1v) is 5.99. The van der Waals surface area contributed by atoms with E-state index in [0.717, 1.165) is 12.0 Å². The maximum atomic E-state index is 3.50. The first kappa shape index (κ1) is 13.2. The van der Waals surface area contributed by atoms with Crippen molar-refractivity contribution in [1.82, 2.24) is 15.5 Å². The Bertz CT molecular complexity index is 171. The molecule has 0 saturated carbocycles. The standard InChI is InChI=1S/C11H23N3.ClH/c1-12-7-10-4-6-14(9-10)11-3-2-5-13-8-11;/h10-13H,2-9H2,1H3;1H. The van der Waals surface area contributed by atoms with Crippen molar-refractivity contribution in [1.29, 1.82) is 0 Å². The first-order chi connectivity index (χ1) is 6.90. The van der Waals surface area contributed by atoms with Gasteiger partial charge in [0, 0.05) is 19.1 Å². The summed E-state index contributed by atoms with van der Waals surface area (Å²) in [6, 6.07) is 0.825. The Balaban J connectivity index is 0.00000112. The summed E-state index contributed by atoms with van der Waals surface area (Å²) in [7, 11) is 2.06. The summed E-state index contributed by atoms with van der Waals surface area (Å²) in [5, 5.41) is 6.79. The lowest BCUT2D eigenvalue weighted by Crippen LogP contribution is -2.45. The minimum absolute atomic E-state index is 0. The van der Waals surface area contributed by atoms with Gasteiger partial charge in [0.25, 0.3) is 0 Å². The molecule has 2 N–H and O–H groups in total. The van der Waals surface area contributed by atoms with E-state index in [1.807, 2.05) is 0 Å². The number of nitrogens with one attached hydrogen (secondary N) is 2. The van der Waals surface area contributed by atoms with Crippen molar-refractivity contribution < 1.29 is 0 Å². The zero-order chi connectivity index (χ0) is 9.80. The highest BCUT2D eigenvalue weighted by Gasteiger charge is 2.28. The molecule has 0 aromatic rings.